The maximum Gasteiger partial charge on any atom is 0.317 e. The SMILES string of the molecule is CC(C)Oc1ccc2c(c1)C(=O)N(C)C2C(CCN1CCC(N2CCCNC2=O)CC1)c1ccc(Cl)c(Cl)c1. The minimum Gasteiger partial charge on any atom is -0.491 e. The monoisotopic (exact) mass is 572 g/mol. The van der Waals surface area contributed by atoms with Crippen LogP contribution in [-0.4, -0.2) is 78.6 Å². The van der Waals surface area contributed by atoms with Crippen molar-refractivity contribution in [2.75, 3.05) is 39.8 Å². The number of fused-ring (bicyclic) bond motifs is 1. The van der Waals surface area contributed by atoms with Gasteiger partial charge in [-0.25, -0.2) is 4.79 Å². The van der Waals surface area contributed by atoms with E-state index in [0.29, 0.717) is 27.4 Å². The van der Waals surface area contributed by atoms with Crippen molar-refractivity contribution >= 4 is 35.1 Å². The van der Waals surface area contributed by atoms with Crippen LogP contribution >= 0.6 is 23.2 Å². The molecular weight excluding hydrogens is 535 g/mol. The number of amides is 3. The van der Waals surface area contributed by atoms with Gasteiger partial charge in [-0.1, -0.05) is 35.3 Å². The number of carbonyl (C=O) groups excluding carboxylic acids is 2. The molecule has 0 aliphatic carbocycles. The average Bonchev–Trinajstić information content (AvgIpc) is 3.16. The number of likely N-dealkylation sites (tertiary alicyclic amines) is 1. The van der Waals surface area contributed by atoms with Gasteiger partial charge >= 0.3 is 6.03 Å². The molecule has 3 heterocycles. The molecule has 39 heavy (non-hydrogen) atoms. The molecule has 0 saturated carbocycles. The number of hydrogen-bond acceptors (Lipinski definition) is 4. The number of piperidine rings is 1. The van der Waals surface area contributed by atoms with Gasteiger partial charge in [0.1, 0.15) is 5.75 Å². The zero-order chi connectivity index (χ0) is 27.7. The highest BCUT2D eigenvalue weighted by Crippen LogP contribution is 2.46. The van der Waals surface area contributed by atoms with Gasteiger partial charge in [0, 0.05) is 50.7 Å². The second-order valence-corrected chi connectivity index (χ2v) is 12.0. The maximum atomic E-state index is 13.4. The summed E-state index contributed by atoms with van der Waals surface area (Å²) in [5, 5.41) is 4.02. The smallest absolute Gasteiger partial charge is 0.317 e. The van der Waals surface area contributed by atoms with Gasteiger partial charge in [0.2, 0.25) is 0 Å². The molecule has 2 saturated heterocycles. The van der Waals surface area contributed by atoms with E-state index in [2.05, 4.69) is 10.2 Å². The second kappa shape index (κ2) is 11.9. The molecular formula is C30H38Cl2N4O3. The molecule has 3 amide bonds. The van der Waals surface area contributed by atoms with Gasteiger partial charge < -0.3 is 24.8 Å². The number of urea groups is 1. The number of carbonyl (C=O) groups is 2. The Morgan fingerprint density at radius 2 is 1.79 bits per heavy atom. The third-order valence-electron chi connectivity index (χ3n) is 8.30. The number of halogens is 2. The Labute approximate surface area is 241 Å². The molecule has 2 atom stereocenters. The number of nitrogens with one attached hydrogen (secondary N) is 1. The first-order valence-electron chi connectivity index (χ1n) is 14.0. The fraction of sp³-hybridized carbons (Fsp3) is 0.533. The van der Waals surface area contributed by atoms with Crippen LogP contribution < -0.4 is 10.1 Å². The molecule has 7 nitrogen and oxygen atoms in total. The molecule has 3 aliphatic heterocycles. The molecule has 2 unspecified atom stereocenters. The minimum atomic E-state index is -0.118. The van der Waals surface area contributed by atoms with Crippen molar-refractivity contribution in [2.24, 2.45) is 0 Å². The molecule has 210 valence electrons. The van der Waals surface area contributed by atoms with E-state index < -0.39 is 0 Å². The predicted octanol–water partition coefficient (Wildman–Crippen LogP) is 5.96. The van der Waals surface area contributed by atoms with E-state index in [9.17, 15) is 9.59 Å². The van der Waals surface area contributed by atoms with Crippen molar-refractivity contribution in [2.45, 2.75) is 63.6 Å². The summed E-state index contributed by atoms with van der Waals surface area (Å²) < 4.78 is 5.88. The van der Waals surface area contributed by atoms with Crippen LogP contribution in [0.5, 0.6) is 5.75 Å². The molecule has 9 heteroatoms. The summed E-state index contributed by atoms with van der Waals surface area (Å²) >= 11 is 12.7. The highest BCUT2D eigenvalue weighted by Gasteiger charge is 2.40. The first kappa shape index (κ1) is 28.1. The van der Waals surface area contributed by atoms with Crippen molar-refractivity contribution in [3.8, 4) is 5.75 Å². The van der Waals surface area contributed by atoms with Crippen LogP contribution in [0.4, 0.5) is 4.79 Å². The standard InChI is InChI=1S/C30H38Cl2N4O3/c1-19(2)39-22-6-7-24-25(18-22)29(37)34(3)28(24)23(20-5-8-26(31)27(32)17-20)11-16-35-14-9-21(10-15-35)36-13-4-12-33-30(36)38/h5-8,17-19,21,23,28H,4,9-16H2,1-3H3,(H,33,38). The molecule has 1 N–H and O–H groups in total. The first-order valence-corrected chi connectivity index (χ1v) is 14.8. The summed E-state index contributed by atoms with van der Waals surface area (Å²) in [6.45, 7) is 8.39. The van der Waals surface area contributed by atoms with Crippen molar-refractivity contribution in [3.63, 3.8) is 0 Å². The number of ether oxygens (including phenoxy) is 1. The van der Waals surface area contributed by atoms with E-state index in [1.165, 1.54) is 0 Å². The molecule has 2 aromatic rings. The van der Waals surface area contributed by atoms with Crippen LogP contribution in [-0.2, 0) is 0 Å². The van der Waals surface area contributed by atoms with Crippen LogP contribution in [0.2, 0.25) is 10.0 Å². The summed E-state index contributed by atoms with van der Waals surface area (Å²) in [4.78, 5) is 32.1. The molecule has 0 spiro atoms. The lowest BCUT2D eigenvalue weighted by Crippen LogP contribution is -2.54. The van der Waals surface area contributed by atoms with E-state index in [1.807, 2.05) is 67.1 Å². The fourth-order valence-electron chi connectivity index (χ4n) is 6.36. The largest absolute Gasteiger partial charge is 0.491 e. The van der Waals surface area contributed by atoms with Crippen molar-refractivity contribution in [3.05, 3.63) is 63.1 Å². The average molecular weight is 574 g/mol. The first-order chi connectivity index (χ1) is 18.7. The summed E-state index contributed by atoms with van der Waals surface area (Å²) in [6, 6.07) is 12.0. The van der Waals surface area contributed by atoms with Gasteiger partial charge in [-0.3, -0.25) is 4.79 Å². The van der Waals surface area contributed by atoms with Crippen molar-refractivity contribution < 1.29 is 14.3 Å². The van der Waals surface area contributed by atoms with E-state index >= 15 is 0 Å². The fourth-order valence-corrected chi connectivity index (χ4v) is 6.66. The molecule has 0 bridgehead atoms. The van der Waals surface area contributed by atoms with Gasteiger partial charge in [-0.2, -0.15) is 0 Å². The Morgan fingerprint density at radius 1 is 1.03 bits per heavy atom. The van der Waals surface area contributed by atoms with Crippen LogP contribution in [0.15, 0.2) is 36.4 Å². The Morgan fingerprint density at radius 3 is 2.49 bits per heavy atom. The molecule has 3 aliphatic rings. The summed E-state index contributed by atoms with van der Waals surface area (Å²) in [6.07, 6.45) is 3.86. The zero-order valence-corrected chi connectivity index (χ0v) is 24.5. The Bertz CT molecular complexity index is 1210. The van der Waals surface area contributed by atoms with E-state index in [-0.39, 0.29) is 30.0 Å². The molecule has 2 aromatic carbocycles. The van der Waals surface area contributed by atoms with Crippen molar-refractivity contribution in [1.82, 2.24) is 20.0 Å². The highest BCUT2D eigenvalue weighted by molar-refractivity contribution is 6.42. The minimum absolute atomic E-state index is 0.00916. The third kappa shape index (κ3) is 6.01. The highest BCUT2D eigenvalue weighted by atomic mass is 35.5. The van der Waals surface area contributed by atoms with Gasteiger partial charge in [-0.05, 0) is 81.5 Å². The molecule has 5 rings (SSSR count). The quantitative estimate of drug-likeness (QED) is 0.423. The molecule has 0 aromatic heterocycles. The van der Waals surface area contributed by atoms with Gasteiger partial charge in [0.15, 0.2) is 0 Å². The van der Waals surface area contributed by atoms with Crippen molar-refractivity contribution in [1.29, 1.82) is 0 Å². The lowest BCUT2D eigenvalue weighted by Gasteiger charge is -2.40. The Hall–Kier alpha value is -2.48. The number of hydrogen-bond donors (Lipinski definition) is 1. The second-order valence-electron chi connectivity index (χ2n) is 11.2. The van der Waals surface area contributed by atoms with E-state index in [4.69, 9.17) is 27.9 Å². The normalized spacial score (nSPS) is 21.3. The number of benzene rings is 2. The summed E-state index contributed by atoms with van der Waals surface area (Å²) in [5.74, 6) is 0.759. The zero-order valence-electron chi connectivity index (χ0n) is 23.0. The Kier molecular flexibility index (Phi) is 8.60. The van der Waals surface area contributed by atoms with Crippen LogP contribution in [0.3, 0.4) is 0 Å². The van der Waals surface area contributed by atoms with Gasteiger partial charge in [0.05, 0.1) is 22.2 Å². The van der Waals surface area contributed by atoms with Gasteiger partial charge in [0.25, 0.3) is 5.91 Å². The predicted molar refractivity (Wildman–Crippen MR) is 155 cm³/mol. The topological polar surface area (TPSA) is 65.1 Å². The van der Waals surface area contributed by atoms with Gasteiger partial charge in [-0.15, -0.1) is 0 Å². The third-order valence-corrected chi connectivity index (χ3v) is 9.04. The molecule has 0 radical (unpaired) electrons. The van der Waals surface area contributed by atoms with E-state index in [0.717, 1.165) is 69.5 Å². The molecule has 2 fully saturated rings. The summed E-state index contributed by atoms with van der Waals surface area (Å²) in [5.41, 5.74) is 2.79. The van der Waals surface area contributed by atoms with Crippen LogP contribution in [0.1, 0.15) is 73.0 Å². The lowest BCUT2D eigenvalue weighted by atomic mass is 9.84. The van der Waals surface area contributed by atoms with Crippen LogP contribution in [0.25, 0.3) is 0 Å². The lowest BCUT2D eigenvalue weighted by molar-refractivity contribution is 0.0740. The van der Waals surface area contributed by atoms with Crippen LogP contribution in [0, 0.1) is 0 Å². The maximum absolute atomic E-state index is 13.4. The van der Waals surface area contributed by atoms with E-state index in [1.54, 1.807) is 0 Å². The number of likely N-dealkylation sites (N-methyl/N-ethyl adjacent to an activating group) is 1. The summed E-state index contributed by atoms with van der Waals surface area (Å²) in [7, 11) is 1.88. The number of rotatable bonds is 8. The Balaban J connectivity index is 1.35. The number of nitrogens with zero attached hydrogens (tertiary/aromatic N) is 3.